The Morgan fingerprint density at radius 3 is 1.15 bits per heavy atom. The standard InChI is InChI=1S/C24H30ClN3O2S.C19H20Cl2N2O2S.C19H16ClF3N2O3S.C5H11N.C3H6O.CH4.B2.B/c25-18-6-4-17(5-7-18)14-19(29)15-21-23(24(26)30)20-8-11-28(16-22(20)31-21)13-12-27-9-2-1-3-10-27;20-6-8-23-7-5-15-17(11-23)26-16(18(15)19(22)25)10-14(24)9-12-1-3-13(21)4-2-12;20-11-3-1-10(2-4-11)7-12(26)8-14-16(17(24)27)13-5-6-25(9-15(13)29-14)18(28)19(21,22)23;1-2-4-6-5-3-1;1-2-3-4;;1-2;/h4-7H,1-3,8-16H2,(H2,26,30);1-4H,5-11H2,(H2,22,25);1-4H,5-9H2,(H2,24,27);6H,1-5H2;3H,2H2,1H3;1H4;;. The molecule has 0 unspecified atom stereocenters. The number of hydrogen-bond donors (Lipinski definition) is 4. The van der Waals surface area contributed by atoms with Crippen molar-refractivity contribution in [2.75, 3.05) is 71.3 Å². The van der Waals surface area contributed by atoms with E-state index in [1.807, 2.05) is 31.2 Å². The number of rotatable bonds is 21. The molecule has 16 nitrogen and oxygen atoms in total. The molecule has 5 aliphatic rings. The molecule has 2 saturated heterocycles. The summed E-state index contributed by atoms with van der Waals surface area (Å²) < 4.78 is 38.1. The van der Waals surface area contributed by atoms with Gasteiger partial charge in [0, 0.05) is 171 Å². The molecule has 3 aromatic heterocycles. The average molecular weight is 1510 g/mol. The number of nitrogens with one attached hydrogen (secondary N) is 1. The van der Waals surface area contributed by atoms with Gasteiger partial charge in [0.1, 0.15) is 23.6 Å². The summed E-state index contributed by atoms with van der Waals surface area (Å²) in [6.07, 6.45) is 7.62. The van der Waals surface area contributed by atoms with E-state index in [1.54, 1.807) is 59.9 Å². The zero-order valence-corrected chi connectivity index (χ0v) is 61.1. The Morgan fingerprint density at radius 2 is 0.840 bits per heavy atom. The molecule has 7 N–H and O–H groups in total. The number of carbonyl (C=O) groups excluding carboxylic acids is 8. The van der Waals surface area contributed by atoms with Crippen molar-refractivity contribution in [3.63, 3.8) is 0 Å². The Labute approximate surface area is 622 Å². The van der Waals surface area contributed by atoms with Crippen LogP contribution in [0, 0.1) is 0 Å². The molecule has 0 aliphatic carbocycles. The number of piperidine rings is 2. The fraction of sp³-hybridized carbons (Fsp3) is 0.465. The molecule has 3 aromatic carbocycles. The average Bonchev–Trinajstić information content (AvgIpc) is 1.64. The van der Waals surface area contributed by atoms with Crippen LogP contribution in [0.15, 0.2) is 72.8 Å². The molecule has 0 bridgehead atoms. The molecule has 0 atom stereocenters. The number of ketones is 3. The fourth-order valence-corrected chi connectivity index (χ4v) is 16.9. The van der Waals surface area contributed by atoms with E-state index in [1.165, 1.54) is 80.9 Å². The van der Waals surface area contributed by atoms with Gasteiger partial charge in [0.05, 0.1) is 23.2 Å². The number of amides is 4. The van der Waals surface area contributed by atoms with Gasteiger partial charge in [-0.1, -0.05) is 98.4 Å². The lowest BCUT2D eigenvalue weighted by Crippen LogP contribution is -2.43. The minimum absolute atomic E-state index is 0. The van der Waals surface area contributed by atoms with Crippen molar-refractivity contribution in [1.82, 2.24) is 24.9 Å². The van der Waals surface area contributed by atoms with Gasteiger partial charge in [0.25, 0.3) is 0 Å². The number of thiophene rings is 3. The predicted octanol–water partition coefficient (Wildman–Crippen LogP) is 11.3. The first-order valence-corrected chi connectivity index (χ1v) is 36.7. The number of nitrogens with two attached hydrogens (primary N) is 3. The molecule has 2 fully saturated rings. The molecule has 535 valence electrons. The lowest BCUT2D eigenvalue weighted by atomic mass is 9.81. The number of aldehydes is 1. The number of benzene rings is 3. The highest BCUT2D eigenvalue weighted by atomic mass is 35.5. The summed E-state index contributed by atoms with van der Waals surface area (Å²) in [5.41, 5.74) is 23.4. The Kier molecular flexibility index (Phi) is 38.2. The van der Waals surface area contributed by atoms with Gasteiger partial charge >= 0.3 is 12.1 Å². The summed E-state index contributed by atoms with van der Waals surface area (Å²) in [5, 5.41) is 5.13. The van der Waals surface area contributed by atoms with Crippen molar-refractivity contribution in [2.45, 2.75) is 143 Å². The maximum absolute atomic E-state index is 12.7. The lowest BCUT2D eigenvalue weighted by Gasteiger charge is -2.31. The molecule has 5 aliphatic heterocycles. The maximum Gasteiger partial charge on any atom is 0.471 e. The predicted molar refractivity (Wildman–Crippen MR) is 401 cm³/mol. The number of likely N-dealkylation sites (tertiary alicyclic amines) is 1. The summed E-state index contributed by atoms with van der Waals surface area (Å²) in [5.74, 6) is -2.94. The molecule has 4 amide bonds. The van der Waals surface area contributed by atoms with Crippen LogP contribution in [0.25, 0.3) is 0 Å². The molecule has 0 saturated carbocycles. The van der Waals surface area contributed by atoms with Crippen LogP contribution in [-0.2, 0) is 101 Å². The van der Waals surface area contributed by atoms with Crippen molar-refractivity contribution in [2.24, 2.45) is 17.2 Å². The molecule has 11 rings (SSSR count). The minimum Gasteiger partial charge on any atom is -0.366 e. The SMILES string of the molecule is C.C1CCNCC1.CCC=O.NC(=O)c1c(CC(=O)Cc2ccc(Cl)cc2)sc2c1CCN(C(=O)C(F)(F)F)C2.NC(=O)c1c(CC(=O)Cc2ccc(Cl)cc2)sc2c1CCN(CCCl)C2.NC(=O)c1c(CC(=O)Cc2ccc(Cl)cc2)sc2c1CCN(CCN1CCCCC1)C2.[B].[B][B]. The molecular formula is C71H87B3Cl4F3N8O8S3. The molecule has 8 heterocycles. The van der Waals surface area contributed by atoms with Crippen LogP contribution in [-0.4, -0.2) is 168 Å². The third-order valence-electron chi connectivity index (χ3n) is 16.8. The van der Waals surface area contributed by atoms with Crippen molar-refractivity contribution < 1.29 is 51.5 Å². The summed E-state index contributed by atoms with van der Waals surface area (Å²) in [7, 11) is 8.00. The van der Waals surface area contributed by atoms with E-state index in [4.69, 9.17) is 63.6 Å². The topological polar surface area (TPSA) is 240 Å². The molecule has 29 heteroatoms. The number of primary amides is 3. The summed E-state index contributed by atoms with van der Waals surface area (Å²) in [6.45, 7) is 12.7. The van der Waals surface area contributed by atoms with Crippen LogP contribution in [0.4, 0.5) is 13.2 Å². The van der Waals surface area contributed by atoms with Gasteiger partial charge in [0.2, 0.25) is 17.7 Å². The van der Waals surface area contributed by atoms with E-state index in [0.717, 1.165) is 119 Å². The number of carbonyl (C=O) groups is 8. The normalized spacial score (nSPS) is 14.9. The highest BCUT2D eigenvalue weighted by Crippen LogP contribution is 2.38. The highest BCUT2D eigenvalue weighted by molar-refractivity contribution is 7.13. The van der Waals surface area contributed by atoms with Crippen molar-refractivity contribution >= 4 is 152 Å². The monoisotopic (exact) mass is 1510 g/mol. The van der Waals surface area contributed by atoms with Crippen LogP contribution < -0.4 is 22.5 Å². The molecule has 100 heavy (non-hydrogen) atoms. The smallest absolute Gasteiger partial charge is 0.366 e. The Hall–Kier alpha value is -5.70. The van der Waals surface area contributed by atoms with Gasteiger partial charge in [-0.05, 0) is 141 Å². The van der Waals surface area contributed by atoms with Gasteiger partial charge in [-0.3, -0.25) is 43.4 Å². The quantitative estimate of drug-likeness (QED) is 0.0299. The number of alkyl halides is 4. The fourth-order valence-electron chi connectivity index (χ4n) is 12.1. The molecule has 0 spiro atoms. The third-order valence-corrected chi connectivity index (χ3v) is 21.4. The molecular weight excluding hydrogens is 1420 g/mol. The number of nitrogens with zero attached hydrogens (tertiary/aromatic N) is 4. The van der Waals surface area contributed by atoms with E-state index in [0.29, 0.717) is 71.6 Å². The second-order valence-corrected chi connectivity index (χ2v) is 29.3. The van der Waals surface area contributed by atoms with E-state index >= 15 is 0 Å². The summed E-state index contributed by atoms with van der Waals surface area (Å²) >= 11 is 27.7. The van der Waals surface area contributed by atoms with Crippen molar-refractivity contribution in [3.8, 4) is 0 Å². The Bertz CT molecular complexity index is 3640. The Balaban J connectivity index is 0.000000291. The number of fused-ring (bicyclic) bond motifs is 3. The van der Waals surface area contributed by atoms with Crippen LogP contribution in [0.2, 0.25) is 15.1 Å². The number of hydrogen-bond acceptors (Lipinski definition) is 15. The van der Waals surface area contributed by atoms with E-state index in [-0.39, 0.29) is 83.9 Å². The van der Waals surface area contributed by atoms with Crippen LogP contribution in [0.5, 0.6) is 0 Å². The van der Waals surface area contributed by atoms with Gasteiger partial charge < -0.3 is 37.1 Å². The number of Topliss-reactive ketones (excluding diaryl/α,β-unsaturated/α-hetero) is 3. The maximum atomic E-state index is 12.7. The Morgan fingerprint density at radius 1 is 0.510 bits per heavy atom. The van der Waals surface area contributed by atoms with Crippen molar-refractivity contribution in [3.05, 3.63) is 167 Å². The molecule has 6 aromatic rings. The van der Waals surface area contributed by atoms with Crippen LogP contribution in [0.3, 0.4) is 0 Å². The van der Waals surface area contributed by atoms with Crippen LogP contribution in [0.1, 0.15) is 153 Å². The van der Waals surface area contributed by atoms with E-state index in [2.05, 4.69) is 35.5 Å². The zero-order valence-electron chi connectivity index (χ0n) is 55.6. The minimum atomic E-state index is -4.96. The second-order valence-electron chi connectivity index (χ2n) is 24.1. The van der Waals surface area contributed by atoms with Crippen molar-refractivity contribution in [1.29, 1.82) is 0 Å². The first-order valence-electron chi connectivity index (χ1n) is 32.6. The number of halogens is 7. The van der Waals surface area contributed by atoms with E-state index < -0.39 is 29.8 Å². The first kappa shape index (κ1) is 86.7. The van der Waals surface area contributed by atoms with Crippen LogP contribution >= 0.6 is 80.4 Å². The van der Waals surface area contributed by atoms with Gasteiger partial charge in [-0.25, -0.2) is 0 Å². The summed E-state index contributed by atoms with van der Waals surface area (Å²) in [4.78, 5) is 107. The zero-order chi connectivity index (χ0) is 71.5. The largest absolute Gasteiger partial charge is 0.471 e. The van der Waals surface area contributed by atoms with Gasteiger partial charge in [-0.15, -0.1) is 45.6 Å². The summed E-state index contributed by atoms with van der Waals surface area (Å²) in [6, 6.07) is 21.3. The third kappa shape index (κ3) is 27.2. The van der Waals surface area contributed by atoms with Gasteiger partial charge in [-0.2, -0.15) is 13.2 Å². The van der Waals surface area contributed by atoms with Gasteiger partial charge in [0.15, 0.2) is 0 Å². The highest BCUT2D eigenvalue weighted by Gasteiger charge is 2.44. The molecule has 7 radical (unpaired) electrons. The van der Waals surface area contributed by atoms with E-state index in [9.17, 15) is 51.5 Å². The first-order chi connectivity index (χ1) is 46.9. The second kappa shape index (κ2) is 44.1. The lowest BCUT2D eigenvalue weighted by molar-refractivity contribution is -0.186.